The third-order valence-electron chi connectivity index (χ3n) is 2.38. The van der Waals surface area contributed by atoms with Crippen LogP contribution >= 0.6 is 15.9 Å². The van der Waals surface area contributed by atoms with Gasteiger partial charge in [0.15, 0.2) is 4.60 Å². The van der Waals surface area contributed by atoms with Crippen molar-refractivity contribution < 1.29 is 9.90 Å². The molecule has 0 aliphatic heterocycles. The Hall–Kier alpha value is -1.53. The lowest BCUT2D eigenvalue weighted by molar-refractivity contribution is 0.0736. The summed E-state index contributed by atoms with van der Waals surface area (Å²) in [6.45, 7) is 0. The van der Waals surface area contributed by atoms with Gasteiger partial charge < -0.3 is 5.11 Å². The van der Waals surface area contributed by atoms with Gasteiger partial charge in [-0.05, 0) is 21.5 Å². The molecule has 1 N–H and O–H groups in total. The maximum atomic E-state index is 12.1. The highest BCUT2D eigenvalue weighted by Gasteiger charge is 2.25. The second-order valence-corrected chi connectivity index (χ2v) is 4.28. The van der Waals surface area contributed by atoms with Crippen LogP contribution < -0.4 is 0 Å². The number of aromatic nitrogens is 3. The maximum Gasteiger partial charge on any atom is 0.216 e. The van der Waals surface area contributed by atoms with E-state index in [1.807, 2.05) is 6.07 Å². The number of hydrogen-bond acceptors (Lipinski definition) is 4. The number of carbonyl (C=O) groups is 1. The van der Waals surface area contributed by atoms with Crippen LogP contribution in [0.5, 0.6) is 0 Å². The average Bonchev–Trinajstić information content (AvgIpc) is 2.68. The second kappa shape index (κ2) is 4.77. The number of aliphatic hydroxyl groups is 1. The van der Waals surface area contributed by atoms with Crippen LogP contribution in [0.4, 0.5) is 0 Å². The minimum atomic E-state index is -1.20. The number of aliphatic hydroxyl groups excluding tert-OH is 1. The van der Waals surface area contributed by atoms with E-state index in [0.29, 0.717) is 10.2 Å². The fraction of sp³-hybridized carbons (Fsp3) is 0.182. The molecule has 1 heterocycles. The first kappa shape index (κ1) is 11.9. The predicted octanol–water partition coefficient (Wildman–Crippen LogP) is 1.49. The minimum Gasteiger partial charge on any atom is -0.380 e. The van der Waals surface area contributed by atoms with Crippen LogP contribution in [0.2, 0.25) is 0 Å². The zero-order valence-corrected chi connectivity index (χ0v) is 10.6. The third-order valence-corrected chi connectivity index (χ3v) is 2.92. The van der Waals surface area contributed by atoms with Gasteiger partial charge in [-0.1, -0.05) is 35.5 Å². The predicted molar refractivity (Wildman–Crippen MR) is 64.4 cm³/mol. The molecule has 0 amide bonds. The lowest BCUT2D eigenvalue weighted by Gasteiger charge is -2.09. The van der Waals surface area contributed by atoms with E-state index in [-0.39, 0.29) is 5.69 Å². The molecule has 0 fully saturated rings. The summed E-state index contributed by atoms with van der Waals surface area (Å²) < 4.78 is 1.67. The number of rotatable bonds is 3. The topological polar surface area (TPSA) is 68.0 Å². The van der Waals surface area contributed by atoms with Gasteiger partial charge in [-0.15, -0.1) is 5.10 Å². The highest BCUT2D eigenvalue weighted by molar-refractivity contribution is 9.10. The molecular weight excluding hydrogens is 286 g/mol. The van der Waals surface area contributed by atoms with Crippen LogP contribution in [-0.2, 0) is 7.05 Å². The molecule has 1 atom stereocenters. The first-order chi connectivity index (χ1) is 8.11. The van der Waals surface area contributed by atoms with E-state index >= 15 is 0 Å². The maximum absolute atomic E-state index is 12.1. The van der Waals surface area contributed by atoms with Crippen molar-refractivity contribution in [1.82, 2.24) is 15.0 Å². The van der Waals surface area contributed by atoms with Crippen molar-refractivity contribution in [2.24, 2.45) is 7.05 Å². The molecule has 0 bridgehead atoms. The van der Waals surface area contributed by atoms with Gasteiger partial charge in [-0.25, -0.2) is 4.68 Å². The summed E-state index contributed by atoms with van der Waals surface area (Å²) in [5, 5.41) is 17.4. The smallest absolute Gasteiger partial charge is 0.216 e. The standard InChI is InChI=1S/C11H10BrN3O2/c1-15-8(11(12)13-14-15)10(17)9(16)7-5-3-2-4-6-7/h2-6,9,16H,1H3. The fourth-order valence-corrected chi connectivity index (χ4v) is 2.03. The molecule has 0 spiro atoms. The van der Waals surface area contributed by atoms with Crippen molar-refractivity contribution in [1.29, 1.82) is 0 Å². The van der Waals surface area contributed by atoms with Gasteiger partial charge >= 0.3 is 0 Å². The van der Waals surface area contributed by atoms with Gasteiger partial charge in [0.2, 0.25) is 5.78 Å². The molecule has 0 aliphatic carbocycles. The minimum absolute atomic E-state index is 0.251. The van der Waals surface area contributed by atoms with E-state index < -0.39 is 11.9 Å². The lowest BCUT2D eigenvalue weighted by atomic mass is 10.0. The van der Waals surface area contributed by atoms with Crippen LogP contribution in [0.1, 0.15) is 22.2 Å². The number of ketones is 1. The van der Waals surface area contributed by atoms with Crippen molar-refractivity contribution >= 4 is 21.7 Å². The summed E-state index contributed by atoms with van der Waals surface area (Å²) in [5.74, 6) is -0.435. The normalized spacial score (nSPS) is 12.4. The van der Waals surface area contributed by atoms with Gasteiger partial charge in [0.05, 0.1) is 0 Å². The summed E-state index contributed by atoms with van der Waals surface area (Å²) in [6.07, 6.45) is -1.20. The SMILES string of the molecule is Cn1nnc(Br)c1C(=O)C(O)c1ccccc1. The molecular formula is C11H10BrN3O2. The molecule has 1 unspecified atom stereocenters. The highest BCUT2D eigenvalue weighted by atomic mass is 79.9. The van der Waals surface area contributed by atoms with Crippen molar-refractivity contribution in [2.45, 2.75) is 6.10 Å². The number of hydrogen-bond donors (Lipinski definition) is 1. The van der Waals surface area contributed by atoms with E-state index in [2.05, 4.69) is 26.2 Å². The molecule has 0 aliphatic rings. The molecule has 1 aromatic carbocycles. The van der Waals surface area contributed by atoms with Crippen LogP contribution in [0.15, 0.2) is 34.9 Å². The fourth-order valence-electron chi connectivity index (χ4n) is 1.51. The number of Topliss-reactive ketones (excluding diaryl/α,β-unsaturated/α-hetero) is 1. The summed E-state index contributed by atoms with van der Waals surface area (Å²) in [7, 11) is 1.60. The van der Waals surface area contributed by atoms with Crippen molar-refractivity contribution in [3.05, 3.63) is 46.2 Å². The molecule has 0 radical (unpaired) electrons. The Morgan fingerprint density at radius 1 is 1.41 bits per heavy atom. The molecule has 17 heavy (non-hydrogen) atoms. The number of benzene rings is 1. The second-order valence-electron chi connectivity index (χ2n) is 3.53. The summed E-state index contributed by atoms with van der Waals surface area (Å²) in [4.78, 5) is 12.1. The molecule has 0 saturated heterocycles. The molecule has 2 aromatic rings. The van der Waals surface area contributed by atoms with Gasteiger partial charge in [-0.3, -0.25) is 4.79 Å². The van der Waals surface area contributed by atoms with E-state index in [0.717, 1.165) is 0 Å². The summed E-state index contributed by atoms with van der Waals surface area (Å²) >= 11 is 3.13. The Bertz CT molecular complexity index is 519. The van der Waals surface area contributed by atoms with Gasteiger partial charge in [0.25, 0.3) is 0 Å². The molecule has 88 valence electrons. The molecule has 2 rings (SSSR count). The first-order valence-electron chi connectivity index (χ1n) is 4.93. The largest absolute Gasteiger partial charge is 0.380 e. The number of aryl methyl sites for hydroxylation is 1. The lowest BCUT2D eigenvalue weighted by Crippen LogP contribution is -2.16. The van der Waals surface area contributed by atoms with Gasteiger partial charge in [0, 0.05) is 7.05 Å². The van der Waals surface area contributed by atoms with Crippen molar-refractivity contribution in [2.75, 3.05) is 0 Å². The van der Waals surface area contributed by atoms with E-state index in [9.17, 15) is 9.90 Å². The Labute approximate surface area is 106 Å². The molecule has 0 saturated carbocycles. The molecule has 1 aromatic heterocycles. The summed E-state index contributed by atoms with van der Waals surface area (Å²) in [5.41, 5.74) is 0.798. The van der Waals surface area contributed by atoms with Crippen LogP contribution in [0.25, 0.3) is 0 Å². The number of carbonyl (C=O) groups excluding carboxylic acids is 1. The zero-order valence-electron chi connectivity index (χ0n) is 9.04. The number of nitrogens with zero attached hydrogens (tertiary/aromatic N) is 3. The highest BCUT2D eigenvalue weighted by Crippen LogP contribution is 2.21. The zero-order chi connectivity index (χ0) is 12.4. The Morgan fingerprint density at radius 3 is 2.59 bits per heavy atom. The monoisotopic (exact) mass is 295 g/mol. The van der Waals surface area contributed by atoms with Crippen LogP contribution in [0.3, 0.4) is 0 Å². The third kappa shape index (κ3) is 2.27. The van der Waals surface area contributed by atoms with Crippen LogP contribution in [0, 0.1) is 0 Å². The molecule has 5 nitrogen and oxygen atoms in total. The Kier molecular flexibility index (Phi) is 3.35. The average molecular weight is 296 g/mol. The molecule has 6 heteroatoms. The van der Waals surface area contributed by atoms with Gasteiger partial charge in [-0.2, -0.15) is 0 Å². The van der Waals surface area contributed by atoms with Crippen molar-refractivity contribution in [3.8, 4) is 0 Å². The Balaban J connectivity index is 2.33. The van der Waals surface area contributed by atoms with E-state index in [1.165, 1.54) is 4.68 Å². The first-order valence-corrected chi connectivity index (χ1v) is 5.73. The van der Waals surface area contributed by atoms with Gasteiger partial charge in [0.1, 0.15) is 11.8 Å². The van der Waals surface area contributed by atoms with E-state index in [1.54, 1.807) is 31.3 Å². The Morgan fingerprint density at radius 2 is 2.06 bits per heavy atom. The number of halogens is 1. The van der Waals surface area contributed by atoms with Crippen LogP contribution in [-0.4, -0.2) is 25.9 Å². The quantitative estimate of drug-likeness (QED) is 0.871. The van der Waals surface area contributed by atoms with E-state index in [4.69, 9.17) is 0 Å². The van der Waals surface area contributed by atoms with Crippen molar-refractivity contribution in [3.63, 3.8) is 0 Å². The summed E-state index contributed by atoms with van der Waals surface area (Å²) in [6, 6.07) is 8.74.